The van der Waals surface area contributed by atoms with Crippen molar-refractivity contribution in [3.05, 3.63) is 34.9 Å². The van der Waals surface area contributed by atoms with E-state index in [0.29, 0.717) is 40.7 Å². The van der Waals surface area contributed by atoms with Gasteiger partial charge in [-0.2, -0.15) is 0 Å². The minimum absolute atomic E-state index is 0.0660. The number of methoxy groups -OCH3 is 1. The Morgan fingerprint density at radius 2 is 1.91 bits per heavy atom. The monoisotopic (exact) mass is 490 g/mol. The largest absolute Gasteiger partial charge is 0.493 e. The molecule has 4 unspecified atom stereocenters. The summed E-state index contributed by atoms with van der Waals surface area (Å²) in [5.41, 5.74) is 1.57. The number of rotatable bonds is 10. The van der Waals surface area contributed by atoms with Gasteiger partial charge in [-0.3, -0.25) is 9.59 Å². The number of fused-ring (bicyclic) bond motifs is 3. The van der Waals surface area contributed by atoms with Crippen molar-refractivity contribution in [2.75, 3.05) is 26.8 Å². The maximum atomic E-state index is 13.3. The van der Waals surface area contributed by atoms with Crippen molar-refractivity contribution < 1.29 is 34.4 Å². The number of hydrogen-bond acceptors (Lipinski definition) is 7. The van der Waals surface area contributed by atoms with E-state index in [2.05, 4.69) is 19.2 Å². The van der Waals surface area contributed by atoms with Crippen LogP contribution >= 0.6 is 0 Å². The highest BCUT2D eigenvalue weighted by Gasteiger charge is 2.51. The Morgan fingerprint density at radius 1 is 1.20 bits per heavy atom. The molecule has 194 valence electrons. The van der Waals surface area contributed by atoms with Crippen molar-refractivity contribution in [3.63, 3.8) is 0 Å². The van der Waals surface area contributed by atoms with Gasteiger partial charge in [-0.1, -0.05) is 27.7 Å². The van der Waals surface area contributed by atoms with E-state index in [4.69, 9.17) is 9.47 Å². The Hall–Kier alpha value is -2.62. The van der Waals surface area contributed by atoms with Crippen LogP contribution in [0.1, 0.15) is 51.2 Å². The van der Waals surface area contributed by atoms with Gasteiger partial charge in [-0.25, -0.2) is 0 Å². The highest BCUT2D eigenvalue weighted by Crippen LogP contribution is 2.51. The molecule has 4 atom stereocenters. The van der Waals surface area contributed by atoms with Crippen molar-refractivity contribution in [1.82, 2.24) is 10.2 Å². The molecule has 1 aromatic rings. The normalized spacial score (nSPS) is 22.9. The average Bonchev–Trinajstić information content (AvgIpc) is 3.22. The summed E-state index contributed by atoms with van der Waals surface area (Å²) in [6.45, 7) is 7.80. The predicted molar refractivity (Wildman–Crippen MR) is 130 cm³/mol. The van der Waals surface area contributed by atoms with E-state index in [0.717, 1.165) is 6.42 Å². The summed E-state index contributed by atoms with van der Waals surface area (Å²) in [5.74, 6) is -0.293. The average molecular weight is 491 g/mol. The lowest BCUT2D eigenvalue weighted by Crippen LogP contribution is -2.56. The lowest BCUT2D eigenvalue weighted by Gasteiger charge is -2.41. The van der Waals surface area contributed by atoms with Gasteiger partial charge in [-0.05, 0) is 36.1 Å². The second-order valence-corrected chi connectivity index (χ2v) is 9.89. The van der Waals surface area contributed by atoms with Gasteiger partial charge in [0.15, 0.2) is 11.5 Å². The van der Waals surface area contributed by atoms with Crippen LogP contribution in [-0.2, 0) is 16.2 Å². The number of nitrogens with one attached hydrogen (secondary N) is 1. The molecular weight excluding hydrogens is 452 g/mol. The molecule has 35 heavy (non-hydrogen) atoms. The van der Waals surface area contributed by atoms with E-state index >= 15 is 0 Å². The third-order valence-corrected chi connectivity index (χ3v) is 6.58. The molecule has 0 spiro atoms. The number of ether oxygens (including phenoxy) is 2. The van der Waals surface area contributed by atoms with Crippen LogP contribution in [0.4, 0.5) is 0 Å². The van der Waals surface area contributed by atoms with Gasteiger partial charge in [0.1, 0.15) is 12.2 Å². The van der Waals surface area contributed by atoms with Crippen molar-refractivity contribution in [2.45, 2.75) is 64.9 Å². The van der Waals surface area contributed by atoms with E-state index in [-0.39, 0.29) is 31.6 Å². The molecule has 1 aliphatic heterocycles. The summed E-state index contributed by atoms with van der Waals surface area (Å²) in [4.78, 5) is 28.1. The summed E-state index contributed by atoms with van der Waals surface area (Å²) < 4.78 is 11.7. The summed E-state index contributed by atoms with van der Waals surface area (Å²) >= 11 is 0. The zero-order valence-electron chi connectivity index (χ0n) is 21.2. The Balaban J connectivity index is 2.12. The molecule has 0 saturated carbocycles. The molecule has 0 saturated heterocycles. The molecule has 4 N–H and O–H groups in total. The minimum Gasteiger partial charge on any atom is -0.493 e. The highest BCUT2D eigenvalue weighted by atomic mass is 16.5. The molecule has 0 fully saturated rings. The van der Waals surface area contributed by atoms with E-state index in [9.17, 15) is 24.9 Å². The van der Waals surface area contributed by atoms with Gasteiger partial charge in [0.25, 0.3) is 0 Å². The first kappa shape index (κ1) is 27.0. The SMILES string of the molecule is COc1cc(CO)cc2c1OC1C2C(C(=O)NCCO)=CC(N(CCC(C)C)C(=O)C(C)C)C1O. The summed E-state index contributed by atoms with van der Waals surface area (Å²) in [7, 11) is 1.49. The number of carbonyl (C=O) groups excluding carboxylic acids is 2. The third-order valence-electron chi connectivity index (χ3n) is 6.58. The van der Waals surface area contributed by atoms with Crippen LogP contribution in [0.3, 0.4) is 0 Å². The summed E-state index contributed by atoms with van der Waals surface area (Å²) in [6, 6.07) is 2.64. The van der Waals surface area contributed by atoms with Gasteiger partial charge in [-0.15, -0.1) is 0 Å². The fourth-order valence-corrected chi connectivity index (χ4v) is 4.75. The van der Waals surface area contributed by atoms with Crippen molar-refractivity contribution in [1.29, 1.82) is 0 Å². The molecule has 0 radical (unpaired) electrons. The molecule has 1 aliphatic carbocycles. The maximum absolute atomic E-state index is 13.3. The van der Waals surface area contributed by atoms with Crippen molar-refractivity contribution in [2.24, 2.45) is 11.8 Å². The topological polar surface area (TPSA) is 129 Å². The first-order valence-electron chi connectivity index (χ1n) is 12.2. The number of aliphatic hydroxyl groups excluding tert-OH is 3. The third kappa shape index (κ3) is 5.47. The standard InChI is InChI=1S/C26H38N2O7/c1-14(2)6-8-28(26(33)15(3)4)19-12-18(25(32)27-7-9-29)21-17-10-16(13-30)11-20(34-5)23(17)35-24(21)22(19)31/h10-12,14-15,19,21-22,24,29-31H,6-9,13H2,1-5H3,(H,27,32). The lowest BCUT2D eigenvalue weighted by atomic mass is 9.77. The van der Waals surface area contributed by atoms with E-state index in [1.807, 2.05) is 13.8 Å². The molecule has 2 amide bonds. The van der Waals surface area contributed by atoms with Crippen LogP contribution in [0.2, 0.25) is 0 Å². The number of carbonyl (C=O) groups is 2. The Labute approximate surface area is 206 Å². The Morgan fingerprint density at radius 3 is 2.49 bits per heavy atom. The van der Waals surface area contributed by atoms with Gasteiger partial charge >= 0.3 is 0 Å². The molecule has 9 nitrogen and oxygen atoms in total. The number of benzene rings is 1. The molecule has 0 bridgehead atoms. The van der Waals surface area contributed by atoms with Gasteiger partial charge in [0, 0.05) is 30.1 Å². The predicted octanol–water partition coefficient (Wildman–Crippen LogP) is 1.34. The van der Waals surface area contributed by atoms with Gasteiger partial charge < -0.3 is 35.0 Å². The van der Waals surface area contributed by atoms with Crippen LogP contribution < -0.4 is 14.8 Å². The number of aliphatic hydroxyl groups is 3. The van der Waals surface area contributed by atoms with E-state index in [1.54, 1.807) is 23.1 Å². The molecule has 1 aromatic carbocycles. The van der Waals surface area contributed by atoms with Crippen LogP contribution in [0, 0.1) is 11.8 Å². The van der Waals surface area contributed by atoms with Crippen molar-refractivity contribution in [3.8, 4) is 11.5 Å². The number of hydrogen-bond donors (Lipinski definition) is 4. The quantitative estimate of drug-likeness (QED) is 0.390. The zero-order valence-corrected chi connectivity index (χ0v) is 21.2. The van der Waals surface area contributed by atoms with Crippen LogP contribution in [0.5, 0.6) is 11.5 Å². The first-order chi connectivity index (χ1) is 16.6. The van der Waals surface area contributed by atoms with E-state index in [1.165, 1.54) is 7.11 Å². The fourth-order valence-electron chi connectivity index (χ4n) is 4.75. The van der Waals surface area contributed by atoms with Gasteiger partial charge in [0.2, 0.25) is 11.8 Å². The Bertz CT molecular complexity index is 959. The summed E-state index contributed by atoms with van der Waals surface area (Å²) in [5, 5.41) is 33.2. The lowest BCUT2D eigenvalue weighted by molar-refractivity contribution is -0.140. The maximum Gasteiger partial charge on any atom is 0.247 e. The smallest absolute Gasteiger partial charge is 0.247 e. The highest BCUT2D eigenvalue weighted by molar-refractivity contribution is 5.96. The fraction of sp³-hybridized carbons (Fsp3) is 0.615. The molecular formula is C26H38N2O7. The van der Waals surface area contributed by atoms with Crippen LogP contribution in [0.25, 0.3) is 0 Å². The molecule has 1 heterocycles. The minimum atomic E-state index is -1.10. The van der Waals surface area contributed by atoms with Crippen molar-refractivity contribution >= 4 is 11.8 Å². The second-order valence-electron chi connectivity index (χ2n) is 9.89. The first-order valence-corrected chi connectivity index (χ1v) is 12.2. The van der Waals surface area contributed by atoms with Crippen LogP contribution in [0.15, 0.2) is 23.8 Å². The molecule has 0 aromatic heterocycles. The molecule has 2 aliphatic rings. The molecule has 3 rings (SSSR count). The van der Waals surface area contributed by atoms with E-state index < -0.39 is 30.1 Å². The van der Waals surface area contributed by atoms with Gasteiger partial charge in [0.05, 0.1) is 32.3 Å². The second kappa shape index (κ2) is 11.4. The zero-order chi connectivity index (χ0) is 25.9. The number of amides is 2. The summed E-state index contributed by atoms with van der Waals surface area (Å²) in [6.07, 6.45) is 0.471. The number of nitrogens with zero attached hydrogens (tertiary/aromatic N) is 1. The van der Waals surface area contributed by atoms with Crippen LogP contribution in [-0.4, -0.2) is 77.1 Å². The molecule has 9 heteroatoms. The Kier molecular flexibility index (Phi) is 8.79.